The third kappa shape index (κ3) is 2.26. The van der Waals surface area contributed by atoms with Crippen molar-refractivity contribution in [2.24, 2.45) is 0 Å². The Labute approximate surface area is 179 Å². The van der Waals surface area contributed by atoms with Gasteiger partial charge in [0.15, 0.2) is 11.5 Å². The molecule has 0 saturated heterocycles. The monoisotopic (exact) mass is 420 g/mol. The fraction of sp³-hybridized carbons (Fsp3) is 0.522. The van der Waals surface area contributed by atoms with E-state index < -0.39 is 11.0 Å². The maximum atomic E-state index is 13.6. The van der Waals surface area contributed by atoms with Crippen molar-refractivity contribution in [3.63, 3.8) is 0 Å². The van der Waals surface area contributed by atoms with Gasteiger partial charge < -0.3 is 19.9 Å². The minimum absolute atomic E-state index is 0.152. The summed E-state index contributed by atoms with van der Waals surface area (Å²) in [6.45, 7) is 2.21. The molecule has 1 spiro atoms. The van der Waals surface area contributed by atoms with Crippen LogP contribution < -0.4 is 19.7 Å². The maximum Gasteiger partial charge on any atom is 0.239 e. The number of hydrogen-bond acceptors (Lipinski definition) is 7. The summed E-state index contributed by atoms with van der Waals surface area (Å²) in [5.41, 5.74) is 1.40. The largest absolute Gasteiger partial charge is 0.454 e. The van der Waals surface area contributed by atoms with Crippen molar-refractivity contribution < 1.29 is 19.4 Å². The summed E-state index contributed by atoms with van der Waals surface area (Å²) in [5, 5.41) is 14.1. The highest BCUT2D eigenvalue weighted by atomic mass is 16.7. The number of carbonyl (C=O) groups excluding carboxylic acids is 1. The molecule has 8 nitrogen and oxygen atoms in total. The predicted octanol–water partition coefficient (Wildman–Crippen LogP) is 3.08. The normalized spacial score (nSPS) is 30.9. The third-order valence-corrected chi connectivity index (χ3v) is 8.07. The second kappa shape index (κ2) is 5.48. The van der Waals surface area contributed by atoms with Crippen LogP contribution in [0.2, 0.25) is 0 Å². The highest BCUT2D eigenvalue weighted by Crippen LogP contribution is 2.63. The topological polar surface area (TPSA) is 96.8 Å². The molecule has 160 valence electrons. The van der Waals surface area contributed by atoms with Gasteiger partial charge in [0.25, 0.3) is 0 Å². The number of aromatic nitrogens is 2. The minimum atomic E-state index is -0.628. The quantitative estimate of drug-likeness (QED) is 0.788. The van der Waals surface area contributed by atoms with Crippen molar-refractivity contribution in [3.8, 4) is 11.5 Å². The van der Waals surface area contributed by atoms with Gasteiger partial charge in [-0.3, -0.25) is 9.69 Å². The first-order chi connectivity index (χ1) is 14.9. The van der Waals surface area contributed by atoms with Crippen molar-refractivity contribution in [2.75, 3.05) is 17.0 Å². The molecule has 2 N–H and O–H groups in total. The molecule has 2 aliphatic heterocycles. The van der Waals surface area contributed by atoms with E-state index in [9.17, 15) is 9.90 Å². The van der Waals surface area contributed by atoms with Crippen LogP contribution in [0.4, 0.5) is 17.5 Å². The second-order valence-corrected chi connectivity index (χ2v) is 9.92. The molecule has 8 heteroatoms. The van der Waals surface area contributed by atoms with Crippen LogP contribution >= 0.6 is 0 Å². The molecule has 0 unspecified atom stereocenters. The van der Waals surface area contributed by atoms with Crippen molar-refractivity contribution in [1.29, 1.82) is 0 Å². The van der Waals surface area contributed by atoms with Gasteiger partial charge in [0, 0.05) is 23.5 Å². The second-order valence-electron chi connectivity index (χ2n) is 9.92. The molecule has 2 bridgehead atoms. The Morgan fingerprint density at radius 2 is 1.84 bits per heavy atom. The summed E-state index contributed by atoms with van der Waals surface area (Å²) < 4.78 is 10.9. The van der Waals surface area contributed by atoms with Gasteiger partial charge in [-0.15, -0.1) is 0 Å². The summed E-state index contributed by atoms with van der Waals surface area (Å²) in [4.78, 5) is 25.0. The summed E-state index contributed by atoms with van der Waals surface area (Å²) in [7, 11) is 0. The number of ether oxygens (including phenoxy) is 2. The lowest BCUT2D eigenvalue weighted by molar-refractivity contribution is -0.121. The van der Waals surface area contributed by atoms with Crippen LogP contribution in [-0.2, 0) is 10.2 Å². The van der Waals surface area contributed by atoms with Crippen LogP contribution in [0.5, 0.6) is 11.5 Å². The average molecular weight is 420 g/mol. The zero-order valence-corrected chi connectivity index (χ0v) is 17.4. The van der Waals surface area contributed by atoms with Crippen LogP contribution in [0.1, 0.15) is 56.1 Å². The van der Waals surface area contributed by atoms with Crippen molar-refractivity contribution in [1.82, 2.24) is 9.97 Å². The van der Waals surface area contributed by atoms with Crippen LogP contribution in [0.25, 0.3) is 0 Å². The Hall–Kier alpha value is -2.87. The molecule has 1 aromatic heterocycles. The van der Waals surface area contributed by atoms with Crippen molar-refractivity contribution >= 4 is 23.4 Å². The average Bonchev–Trinajstić information content (AvgIpc) is 3.00. The van der Waals surface area contributed by atoms with Gasteiger partial charge in [-0.25, -0.2) is 4.98 Å². The lowest BCUT2D eigenvalue weighted by Gasteiger charge is -2.37. The number of aryl methyl sites for hydroxylation is 1. The molecule has 5 aliphatic rings. The van der Waals surface area contributed by atoms with E-state index in [2.05, 4.69) is 10.3 Å². The molecule has 3 heterocycles. The summed E-state index contributed by atoms with van der Waals surface area (Å²) in [6, 6.07) is 3.83. The van der Waals surface area contributed by atoms with Crippen LogP contribution in [0.15, 0.2) is 18.3 Å². The number of nitrogens with one attached hydrogen (secondary N) is 1. The molecule has 3 aliphatic carbocycles. The molecule has 31 heavy (non-hydrogen) atoms. The zero-order valence-electron chi connectivity index (χ0n) is 17.4. The molecule has 1 aromatic carbocycles. The van der Waals surface area contributed by atoms with Gasteiger partial charge in [0.05, 0.1) is 16.6 Å². The predicted molar refractivity (Wildman–Crippen MR) is 112 cm³/mol. The van der Waals surface area contributed by atoms with Gasteiger partial charge in [0.2, 0.25) is 18.6 Å². The minimum Gasteiger partial charge on any atom is -0.454 e. The van der Waals surface area contributed by atoms with Gasteiger partial charge in [0.1, 0.15) is 5.82 Å². The lowest BCUT2D eigenvalue weighted by atomic mass is 9.91. The number of aliphatic hydroxyl groups is 1. The summed E-state index contributed by atoms with van der Waals surface area (Å²) in [6.07, 6.45) is 7.36. The molecule has 0 radical (unpaired) electrons. The SMILES string of the molecule is Cc1cc2c(cc1Nc1ncc3c(n1)N(C14CCC(O)(CC1)C4)C(=O)C31CC1)OCO2. The van der Waals surface area contributed by atoms with E-state index in [1.807, 2.05) is 30.2 Å². The van der Waals surface area contributed by atoms with Gasteiger partial charge >= 0.3 is 0 Å². The first-order valence-electron chi connectivity index (χ1n) is 11.0. The van der Waals surface area contributed by atoms with Crippen molar-refractivity contribution in [2.45, 2.75) is 68.4 Å². The van der Waals surface area contributed by atoms with Crippen molar-refractivity contribution in [3.05, 3.63) is 29.5 Å². The van der Waals surface area contributed by atoms with Gasteiger partial charge in [-0.1, -0.05) is 0 Å². The number of benzene rings is 1. The molecule has 3 fully saturated rings. The number of hydrogen-bond donors (Lipinski definition) is 2. The first-order valence-corrected chi connectivity index (χ1v) is 11.0. The van der Waals surface area contributed by atoms with E-state index in [0.717, 1.165) is 66.9 Å². The van der Waals surface area contributed by atoms with E-state index in [4.69, 9.17) is 14.5 Å². The molecule has 2 aromatic rings. The standard InChI is InChI=1S/C23H24N4O4/c1-13-8-16-17(31-12-30-16)9-15(13)25-20-24-10-14-18(26-20)27(19(28)23(14)6-7-23)21-2-4-22(29,11-21)5-3-21/h8-10,29H,2-7,11-12H2,1H3,(H,24,25,26). The summed E-state index contributed by atoms with van der Waals surface area (Å²) in [5.74, 6) is 2.76. The molecule has 3 saturated carbocycles. The fourth-order valence-corrected chi connectivity index (χ4v) is 6.16. The number of rotatable bonds is 3. The Morgan fingerprint density at radius 1 is 1.10 bits per heavy atom. The lowest BCUT2D eigenvalue weighted by Crippen LogP contribution is -2.49. The highest BCUT2D eigenvalue weighted by Gasteiger charge is 2.67. The zero-order chi connectivity index (χ0) is 21.0. The number of carbonyl (C=O) groups is 1. The molecule has 1 amide bonds. The van der Waals surface area contributed by atoms with Crippen LogP contribution in [0, 0.1) is 6.92 Å². The smallest absolute Gasteiger partial charge is 0.239 e. The maximum absolute atomic E-state index is 13.6. The van der Waals surface area contributed by atoms with Crippen LogP contribution in [-0.4, -0.2) is 38.9 Å². The van der Waals surface area contributed by atoms with Gasteiger partial charge in [-0.05, 0) is 63.5 Å². The van der Waals surface area contributed by atoms with Gasteiger partial charge in [-0.2, -0.15) is 4.98 Å². The van der Waals surface area contributed by atoms with E-state index in [1.54, 1.807) is 0 Å². The molecule has 0 atom stereocenters. The first kappa shape index (κ1) is 17.8. The van der Waals surface area contributed by atoms with E-state index in [0.29, 0.717) is 18.1 Å². The van der Waals surface area contributed by atoms with Crippen LogP contribution in [0.3, 0.4) is 0 Å². The number of fused-ring (bicyclic) bond motifs is 5. The Bertz CT molecular complexity index is 1150. The highest BCUT2D eigenvalue weighted by molar-refractivity contribution is 6.10. The number of amides is 1. The van der Waals surface area contributed by atoms with E-state index in [-0.39, 0.29) is 18.2 Å². The number of anilines is 3. The number of nitrogens with zero attached hydrogens (tertiary/aromatic N) is 3. The van der Waals surface area contributed by atoms with E-state index in [1.165, 1.54) is 0 Å². The Kier molecular flexibility index (Phi) is 3.14. The Balaban J connectivity index is 1.29. The molecular formula is C23H24N4O4. The summed E-state index contributed by atoms with van der Waals surface area (Å²) >= 11 is 0. The fourth-order valence-electron chi connectivity index (χ4n) is 6.16. The molecular weight excluding hydrogens is 396 g/mol. The molecule has 7 rings (SSSR count). The Morgan fingerprint density at radius 3 is 2.52 bits per heavy atom. The third-order valence-electron chi connectivity index (χ3n) is 8.07. The van der Waals surface area contributed by atoms with E-state index >= 15 is 0 Å².